The number of carbonyl (C=O) groups excluding carboxylic acids is 2. The molecule has 0 spiro atoms. The highest BCUT2D eigenvalue weighted by Crippen LogP contribution is 2.30. The van der Waals surface area contributed by atoms with E-state index in [9.17, 15) is 18.9 Å². The number of amides is 2. The SMILES string of the molecule is CC(C)[C@H](NP(=O)(O)O)C(=O)N[C@@H](CC(N)=O)C(=O)O.CCN(CC)CC.CCN(CC)CC.CCN(CC)CC. The van der Waals surface area contributed by atoms with Gasteiger partial charge in [-0.15, -0.1) is 0 Å². The van der Waals surface area contributed by atoms with Crippen LogP contribution in [0.2, 0.25) is 0 Å². The van der Waals surface area contributed by atoms with Crippen molar-refractivity contribution < 1.29 is 33.8 Å². The first-order chi connectivity index (χ1) is 19.0. The zero-order chi connectivity index (χ0) is 33.2. The van der Waals surface area contributed by atoms with E-state index in [2.05, 4.69) is 77.0 Å². The number of aliphatic carboxylic acids is 1. The summed E-state index contributed by atoms with van der Waals surface area (Å²) >= 11 is 0. The third kappa shape index (κ3) is 29.7. The number of rotatable bonds is 17. The normalized spacial score (nSPS) is 12.4. The molecule has 0 aliphatic carbocycles. The summed E-state index contributed by atoms with van der Waals surface area (Å²) in [6.07, 6.45) is -0.623. The second kappa shape index (κ2) is 28.5. The standard InChI is InChI=1S/C9H18N3O7P.3C6H15N/c1-4(2)7(12-20(17,18)19)8(14)11-5(9(15)16)3-6(10)13;3*1-4-7(5-2)6-3/h4-5,7H,3H2,1-2H3,(H2,10,13)(H,11,14)(H,15,16)(H3,12,17,18,19);3*4-6H2,1-3H3/t5-,7-;;;/m0.../s1. The van der Waals surface area contributed by atoms with Crippen molar-refractivity contribution in [3.05, 3.63) is 0 Å². The maximum absolute atomic E-state index is 11.8. The van der Waals surface area contributed by atoms with Crippen molar-refractivity contribution in [3.8, 4) is 0 Å². The molecule has 0 fully saturated rings. The van der Waals surface area contributed by atoms with Crippen LogP contribution in [-0.2, 0) is 18.9 Å². The Kier molecular flexibility index (Phi) is 32.2. The number of nitrogens with zero attached hydrogens (tertiary/aromatic N) is 3. The van der Waals surface area contributed by atoms with Crippen molar-refractivity contribution in [1.82, 2.24) is 25.1 Å². The predicted octanol–water partition coefficient (Wildman–Crippen LogP) is 2.18. The number of carbonyl (C=O) groups is 3. The van der Waals surface area contributed by atoms with E-state index in [0.29, 0.717) is 0 Å². The molecule has 0 aromatic heterocycles. The first-order valence-electron chi connectivity index (χ1n) is 14.8. The van der Waals surface area contributed by atoms with Gasteiger partial charge in [-0.1, -0.05) is 76.2 Å². The highest BCUT2D eigenvalue weighted by atomic mass is 31.2. The fourth-order valence-corrected chi connectivity index (χ4v) is 4.14. The number of hydrogen-bond acceptors (Lipinski definition) is 7. The third-order valence-electron chi connectivity index (χ3n) is 6.30. The van der Waals surface area contributed by atoms with Crippen molar-refractivity contribution in [3.63, 3.8) is 0 Å². The molecule has 0 aliphatic rings. The number of primary amides is 1. The zero-order valence-corrected chi connectivity index (χ0v) is 28.5. The highest BCUT2D eigenvalue weighted by Gasteiger charge is 2.32. The summed E-state index contributed by atoms with van der Waals surface area (Å²) in [6.45, 7) is 33.4. The highest BCUT2D eigenvalue weighted by molar-refractivity contribution is 7.49. The van der Waals surface area contributed by atoms with Crippen molar-refractivity contribution in [2.24, 2.45) is 11.7 Å². The van der Waals surface area contributed by atoms with E-state index in [4.69, 9.17) is 20.6 Å². The molecule has 2 atom stereocenters. The lowest BCUT2D eigenvalue weighted by Crippen LogP contribution is -2.52. The van der Waals surface area contributed by atoms with Crippen LogP contribution < -0.4 is 16.1 Å². The topological polar surface area (TPSA) is 189 Å². The van der Waals surface area contributed by atoms with E-state index in [1.54, 1.807) is 5.09 Å². The van der Waals surface area contributed by atoms with Crippen LogP contribution in [0, 0.1) is 5.92 Å². The molecule has 2 amide bonds. The van der Waals surface area contributed by atoms with Gasteiger partial charge in [-0.25, -0.2) is 14.4 Å². The summed E-state index contributed by atoms with van der Waals surface area (Å²) in [7, 11) is -4.67. The second-order valence-electron chi connectivity index (χ2n) is 9.32. The Balaban J connectivity index is -0.000000265. The largest absolute Gasteiger partial charge is 0.480 e. The average molecular weight is 615 g/mol. The van der Waals surface area contributed by atoms with Crippen LogP contribution >= 0.6 is 7.75 Å². The molecule has 0 aliphatic heterocycles. The Morgan fingerprint density at radius 3 is 1.15 bits per heavy atom. The molecule has 0 saturated heterocycles. The molecule has 0 heterocycles. The quantitative estimate of drug-likeness (QED) is 0.132. The molecule has 0 bridgehead atoms. The van der Waals surface area contributed by atoms with Crippen LogP contribution in [0.5, 0.6) is 0 Å². The lowest BCUT2D eigenvalue weighted by Gasteiger charge is -2.23. The fraction of sp³-hybridized carbons (Fsp3) is 0.889. The summed E-state index contributed by atoms with van der Waals surface area (Å²) in [4.78, 5) is 58.1. The van der Waals surface area contributed by atoms with E-state index in [1.807, 2.05) is 5.32 Å². The Morgan fingerprint density at radius 1 is 0.707 bits per heavy atom. The number of carboxylic acids is 1. The second-order valence-corrected chi connectivity index (χ2v) is 10.7. The van der Waals surface area contributed by atoms with Gasteiger partial charge in [0.15, 0.2) is 0 Å². The van der Waals surface area contributed by atoms with Crippen LogP contribution in [0.25, 0.3) is 0 Å². The Bertz CT molecular complexity index is 653. The maximum Gasteiger partial charge on any atom is 0.401 e. The Morgan fingerprint density at radius 2 is 1.00 bits per heavy atom. The number of hydrogen-bond donors (Lipinski definition) is 6. The Labute approximate surface area is 249 Å². The first kappa shape index (κ1) is 46.4. The minimum atomic E-state index is -4.67. The Hall–Kier alpha value is -1.60. The number of carboxylic acid groups (broad SMARTS) is 1. The molecule has 0 aromatic rings. The minimum absolute atomic E-state index is 0.523. The lowest BCUT2D eigenvalue weighted by molar-refractivity contribution is -0.143. The van der Waals surface area contributed by atoms with Crippen LogP contribution in [-0.4, -0.2) is 118 Å². The summed E-state index contributed by atoms with van der Waals surface area (Å²) in [5.74, 6) is -3.87. The van der Waals surface area contributed by atoms with Gasteiger partial charge in [0.2, 0.25) is 11.8 Å². The molecule has 0 saturated carbocycles. The van der Waals surface area contributed by atoms with Crippen molar-refractivity contribution in [1.29, 1.82) is 0 Å². The summed E-state index contributed by atoms with van der Waals surface area (Å²) in [6, 6.07) is -2.87. The van der Waals surface area contributed by atoms with E-state index < -0.39 is 50.0 Å². The van der Waals surface area contributed by atoms with Crippen molar-refractivity contribution >= 4 is 25.5 Å². The van der Waals surface area contributed by atoms with Gasteiger partial charge < -0.3 is 40.6 Å². The van der Waals surface area contributed by atoms with Gasteiger partial charge >= 0.3 is 13.7 Å². The van der Waals surface area contributed by atoms with Crippen molar-refractivity contribution in [2.45, 2.75) is 94.7 Å². The molecular formula is C27H63N6O7P. The average Bonchev–Trinajstić information content (AvgIpc) is 2.90. The van der Waals surface area contributed by atoms with Gasteiger partial charge in [0, 0.05) is 0 Å². The summed E-state index contributed by atoms with van der Waals surface area (Å²) in [5.41, 5.74) is 4.85. The van der Waals surface area contributed by atoms with Gasteiger partial charge in [-0.3, -0.25) is 9.59 Å². The van der Waals surface area contributed by atoms with E-state index in [-0.39, 0.29) is 0 Å². The predicted molar refractivity (Wildman–Crippen MR) is 168 cm³/mol. The molecule has 248 valence electrons. The van der Waals surface area contributed by atoms with Gasteiger partial charge in [0.05, 0.1) is 12.5 Å². The van der Waals surface area contributed by atoms with E-state index in [0.717, 1.165) is 0 Å². The zero-order valence-electron chi connectivity index (χ0n) is 27.6. The summed E-state index contributed by atoms with van der Waals surface area (Å²) < 4.78 is 10.9. The molecule has 0 radical (unpaired) electrons. The van der Waals surface area contributed by atoms with Crippen LogP contribution in [0.15, 0.2) is 0 Å². The molecule has 14 heteroatoms. The monoisotopic (exact) mass is 614 g/mol. The molecule has 7 N–H and O–H groups in total. The van der Waals surface area contributed by atoms with Crippen LogP contribution in [0.3, 0.4) is 0 Å². The van der Waals surface area contributed by atoms with E-state index in [1.165, 1.54) is 72.8 Å². The minimum Gasteiger partial charge on any atom is -0.480 e. The third-order valence-corrected chi connectivity index (χ3v) is 6.92. The molecule has 0 rings (SSSR count). The fourth-order valence-electron chi connectivity index (χ4n) is 3.37. The molecule has 13 nitrogen and oxygen atoms in total. The van der Waals surface area contributed by atoms with Gasteiger partial charge in [-0.05, 0) is 64.8 Å². The van der Waals surface area contributed by atoms with Crippen LogP contribution in [0.4, 0.5) is 0 Å². The maximum atomic E-state index is 11.8. The molecule has 0 unspecified atom stereocenters. The molecule has 41 heavy (non-hydrogen) atoms. The van der Waals surface area contributed by atoms with Crippen molar-refractivity contribution in [2.75, 3.05) is 58.9 Å². The number of nitrogens with two attached hydrogens (primary N) is 1. The van der Waals surface area contributed by atoms with E-state index >= 15 is 0 Å². The van der Waals surface area contributed by atoms with Gasteiger partial charge in [0.1, 0.15) is 6.04 Å². The molecular weight excluding hydrogens is 551 g/mol. The van der Waals surface area contributed by atoms with Gasteiger partial charge in [-0.2, -0.15) is 0 Å². The lowest BCUT2D eigenvalue weighted by atomic mass is 10.0. The number of nitrogens with one attached hydrogen (secondary N) is 2. The molecule has 0 aromatic carbocycles. The summed E-state index contributed by atoms with van der Waals surface area (Å²) in [5, 5.41) is 12.6. The van der Waals surface area contributed by atoms with Gasteiger partial charge in [0.25, 0.3) is 0 Å². The van der Waals surface area contributed by atoms with Crippen LogP contribution in [0.1, 0.15) is 82.6 Å². The smallest absolute Gasteiger partial charge is 0.401 e. The first-order valence-corrected chi connectivity index (χ1v) is 16.4.